The van der Waals surface area contributed by atoms with Crippen molar-refractivity contribution in [3.8, 4) is 5.75 Å². The summed E-state index contributed by atoms with van der Waals surface area (Å²) < 4.78 is 11.2. The molecule has 1 N–H and O–H groups in total. The Hall–Kier alpha value is -3.28. The minimum atomic E-state index is -0.622. The molecule has 0 unspecified atom stereocenters. The van der Waals surface area contributed by atoms with Crippen LogP contribution in [0.3, 0.4) is 0 Å². The van der Waals surface area contributed by atoms with Crippen molar-refractivity contribution >= 4 is 51.4 Å². The highest BCUT2D eigenvalue weighted by Gasteiger charge is 2.15. The number of carbonyl (C=O) groups excluding carboxylic acids is 2. The largest absolute Gasteiger partial charge is 0.464 e. The molecule has 0 fully saturated rings. The maximum absolute atomic E-state index is 12.3. The van der Waals surface area contributed by atoms with Crippen molar-refractivity contribution in [2.75, 3.05) is 5.32 Å². The zero-order valence-corrected chi connectivity index (χ0v) is 19.0. The Morgan fingerprint density at radius 3 is 2.78 bits per heavy atom. The van der Waals surface area contributed by atoms with Gasteiger partial charge >= 0.3 is 5.97 Å². The van der Waals surface area contributed by atoms with Crippen molar-refractivity contribution in [2.45, 2.75) is 17.0 Å². The van der Waals surface area contributed by atoms with Crippen LogP contribution in [0.1, 0.15) is 31.4 Å². The van der Waals surface area contributed by atoms with Gasteiger partial charge in [0.25, 0.3) is 5.91 Å². The van der Waals surface area contributed by atoms with Crippen LogP contribution in [0, 0.1) is 6.92 Å². The number of nitrogens with one attached hydrogen (secondary N) is 1. The van der Waals surface area contributed by atoms with Gasteiger partial charge in [0.1, 0.15) is 12.0 Å². The second-order valence-corrected chi connectivity index (χ2v) is 9.52. The molecule has 1 amide bonds. The summed E-state index contributed by atoms with van der Waals surface area (Å²) >= 11 is 3.85. The van der Waals surface area contributed by atoms with E-state index in [1.54, 1.807) is 37.3 Å². The standard InChI is InChI=1S/C21H15N3O5S3/c1-12-5-2-3-6-14(12)19(27)29-16-10-28-13(9-15(16)25)11-31-21-24-23-20(32-21)22-18(26)17-7-4-8-30-17/h2-10H,11H2,1H3,(H,22,23,26). The van der Waals surface area contributed by atoms with E-state index in [0.717, 1.165) is 11.8 Å². The maximum atomic E-state index is 12.3. The molecule has 0 aliphatic carbocycles. The van der Waals surface area contributed by atoms with Crippen molar-refractivity contribution in [1.29, 1.82) is 0 Å². The van der Waals surface area contributed by atoms with Crippen LogP contribution in [0.15, 0.2) is 67.7 Å². The van der Waals surface area contributed by atoms with Gasteiger partial charge in [0.05, 0.1) is 16.2 Å². The second kappa shape index (κ2) is 9.90. The van der Waals surface area contributed by atoms with E-state index in [0.29, 0.717) is 31.4 Å². The van der Waals surface area contributed by atoms with Crippen molar-refractivity contribution in [2.24, 2.45) is 0 Å². The first kappa shape index (κ1) is 21.9. The number of aryl methyl sites for hydroxylation is 1. The highest BCUT2D eigenvalue weighted by Crippen LogP contribution is 2.28. The first-order valence-electron chi connectivity index (χ1n) is 9.20. The lowest BCUT2D eigenvalue weighted by atomic mass is 10.1. The summed E-state index contributed by atoms with van der Waals surface area (Å²) in [5.74, 6) is -0.344. The van der Waals surface area contributed by atoms with Crippen LogP contribution in [0.5, 0.6) is 5.75 Å². The zero-order valence-electron chi connectivity index (χ0n) is 16.6. The number of anilines is 1. The smallest absolute Gasteiger partial charge is 0.344 e. The zero-order chi connectivity index (χ0) is 22.5. The third kappa shape index (κ3) is 5.31. The van der Waals surface area contributed by atoms with Gasteiger partial charge in [-0.3, -0.25) is 14.9 Å². The van der Waals surface area contributed by atoms with Crippen LogP contribution >= 0.6 is 34.4 Å². The van der Waals surface area contributed by atoms with E-state index in [2.05, 4.69) is 15.5 Å². The van der Waals surface area contributed by atoms with E-state index in [4.69, 9.17) is 9.15 Å². The Bertz CT molecular complexity index is 1310. The third-order valence-electron chi connectivity index (χ3n) is 4.13. The Kier molecular flexibility index (Phi) is 6.78. The predicted molar refractivity (Wildman–Crippen MR) is 123 cm³/mol. The highest BCUT2D eigenvalue weighted by atomic mass is 32.2. The summed E-state index contributed by atoms with van der Waals surface area (Å²) in [5.41, 5.74) is 0.664. The molecule has 0 saturated heterocycles. The number of esters is 1. The van der Waals surface area contributed by atoms with Crippen molar-refractivity contribution in [3.05, 3.63) is 86.1 Å². The topological polar surface area (TPSA) is 111 Å². The van der Waals surface area contributed by atoms with Gasteiger partial charge < -0.3 is 9.15 Å². The normalized spacial score (nSPS) is 10.7. The summed E-state index contributed by atoms with van der Waals surface area (Å²) in [6.45, 7) is 1.78. The molecule has 0 aliphatic heterocycles. The summed E-state index contributed by atoms with van der Waals surface area (Å²) in [5, 5.41) is 12.9. The van der Waals surface area contributed by atoms with Gasteiger partial charge in [-0.05, 0) is 30.0 Å². The Labute approximate surface area is 194 Å². The number of thiophene rings is 1. The Morgan fingerprint density at radius 1 is 1.19 bits per heavy atom. The van der Waals surface area contributed by atoms with Crippen molar-refractivity contribution in [3.63, 3.8) is 0 Å². The molecule has 0 saturated carbocycles. The van der Waals surface area contributed by atoms with Gasteiger partial charge in [-0.25, -0.2) is 4.79 Å². The van der Waals surface area contributed by atoms with Crippen LogP contribution in [-0.4, -0.2) is 22.1 Å². The molecule has 8 nitrogen and oxygen atoms in total. The molecule has 11 heteroatoms. The van der Waals surface area contributed by atoms with E-state index in [1.165, 1.54) is 40.5 Å². The Balaban J connectivity index is 1.35. The molecule has 0 bridgehead atoms. The molecule has 4 rings (SSSR count). The van der Waals surface area contributed by atoms with Gasteiger partial charge in [0.15, 0.2) is 4.34 Å². The average molecular weight is 486 g/mol. The highest BCUT2D eigenvalue weighted by molar-refractivity contribution is 8.00. The minimum absolute atomic E-state index is 0.179. The number of rotatable bonds is 7. The maximum Gasteiger partial charge on any atom is 0.344 e. The van der Waals surface area contributed by atoms with Gasteiger partial charge in [0.2, 0.25) is 16.3 Å². The minimum Gasteiger partial charge on any atom is -0.464 e. The summed E-state index contributed by atoms with van der Waals surface area (Å²) in [4.78, 5) is 37.3. The van der Waals surface area contributed by atoms with Gasteiger partial charge in [0, 0.05) is 6.07 Å². The molecular formula is C21H15N3O5S3. The molecule has 32 heavy (non-hydrogen) atoms. The molecule has 3 aromatic heterocycles. The number of carbonyl (C=O) groups is 2. The fourth-order valence-electron chi connectivity index (χ4n) is 2.56. The Morgan fingerprint density at radius 2 is 2.03 bits per heavy atom. The molecule has 0 spiro atoms. The fourth-order valence-corrected chi connectivity index (χ4v) is 4.82. The quantitative estimate of drug-likeness (QED) is 0.229. The molecular weight excluding hydrogens is 470 g/mol. The van der Waals surface area contributed by atoms with Crippen LogP contribution in [0.4, 0.5) is 5.13 Å². The number of thioether (sulfide) groups is 1. The van der Waals surface area contributed by atoms with E-state index >= 15 is 0 Å². The first-order chi connectivity index (χ1) is 15.5. The SMILES string of the molecule is Cc1ccccc1C(=O)Oc1coc(CSc2nnc(NC(=O)c3cccs3)s2)cc1=O. The third-order valence-corrected chi connectivity index (χ3v) is 6.99. The van der Waals surface area contributed by atoms with Crippen LogP contribution in [0.2, 0.25) is 0 Å². The number of ether oxygens (including phenoxy) is 1. The number of aromatic nitrogens is 2. The van der Waals surface area contributed by atoms with Crippen LogP contribution < -0.4 is 15.5 Å². The number of nitrogens with zero attached hydrogens (tertiary/aromatic N) is 2. The number of hydrogen-bond donors (Lipinski definition) is 1. The van der Waals surface area contributed by atoms with E-state index in [-0.39, 0.29) is 11.7 Å². The molecule has 0 atom stereocenters. The molecule has 3 heterocycles. The number of benzene rings is 1. The van der Waals surface area contributed by atoms with Gasteiger partial charge in [-0.1, -0.05) is 47.4 Å². The fraction of sp³-hybridized carbons (Fsp3) is 0.0952. The molecule has 0 radical (unpaired) electrons. The first-order valence-corrected chi connectivity index (χ1v) is 11.9. The van der Waals surface area contributed by atoms with E-state index < -0.39 is 11.4 Å². The average Bonchev–Trinajstić information content (AvgIpc) is 3.46. The second-order valence-electron chi connectivity index (χ2n) is 6.37. The van der Waals surface area contributed by atoms with E-state index in [1.807, 2.05) is 11.4 Å². The summed E-state index contributed by atoms with van der Waals surface area (Å²) in [6.07, 6.45) is 1.13. The summed E-state index contributed by atoms with van der Waals surface area (Å²) in [7, 11) is 0. The van der Waals surface area contributed by atoms with E-state index in [9.17, 15) is 14.4 Å². The van der Waals surface area contributed by atoms with Gasteiger partial charge in [-0.2, -0.15) is 0 Å². The van der Waals surface area contributed by atoms with Crippen molar-refractivity contribution in [1.82, 2.24) is 10.2 Å². The van der Waals surface area contributed by atoms with Crippen molar-refractivity contribution < 1.29 is 18.7 Å². The van der Waals surface area contributed by atoms with Crippen LogP contribution in [-0.2, 0) is 5.75 Å². The predicted octanol–water partition coefficient (Wildman–Crippen LogP) is 4.63. The lowest BCUT2D eigenvalue weighted by Gasteiger charge is -2.06. The monoisotopic (exact) mass is 485 g/mol. The van der Waals surface area contributed by atoms with Crippen LogP contribution in [0.25, 0.3) is 0 Å². The summed E-state index contributed by atoms with van der Waals surface area (Å²) in [6, 6.07) is 11.7. The molecule has 1 aromatic carbocycles. The molecule has 0 aliphatic rings. The van der Waals surface area contributed by atoms with Gasteiger partial charge in [-0.15, -0.1) is 21.5 Å². The lowest BCUT2D eigenvalue weighted by Crippen LogP contribution is -2.15. The molecule has 162 valence electrons. The number of amides is 1. The molecule has 4 aromatic rings. The number of hydrogen-bond acceptors (Lipinski definition) is 10. The lowest BCUT2D eigenvalue weighted by molar-refractivity contribution is 0.0728.